The van der Waals surface area contributed by atoms with Crippen molar-refractivity contribution in [1.82, 2.24) is 0 Å². The SMILES string of the molecule is CC(=O)Nc1ccc(OC(=CC(F)(F)F)C(F)(F)F)cc1Cl. The van der Waals surface area contributed by atoms with E-state index in [1.165, 1.54) is 6.92 Å². The number of benzene rings is 1. The first-order valence-electron chi connectivity index (χ1n) is 5.50. The van der Waals surface area contributed by atoms with E-state index in [4.69, 9.17) is 11.6 Å². The quantitative estimate of drug-likeness (QED) is 0.636. The van der Waals surface area contributed by atoms with Crippen LogP contribution < -0.4 is 10.1 Å². The lowest BCUT2D eigenvalue weighted by Gasteiger charge is -2.15. The number of hydrogen-bond donors (Lipinski definition) is 1. The first-order valence-corrected chi connectivity index (χ1v) is 5.88. The smallest absolute Gasteiger partial charge is 0.449 e. The van der Waals surface area contributed by atoms with E-state index < -0.39 is 35.8 Å². The third-order valence-electron chi connectivity index (χ3n) is 2.05. The molecule has 1 amide bonds. The van der Waals surface area contributed by atoms with Crippen LogP contribution in [0, 0.1) is 0 Å². The van der Waals surface area contributed by atoms with E-state index >= 15 is 0 Å². The molecule has 0 fully saturated rings. The van der Waals surface area contributed by atoms with Gasteiger partial charge in [0.15, 0.2) is 0 Å². The van der Waals surface area contributed by atoms with Crippen molar-refractivity contribution in [3.63, 3.8) is 0 Å². The highest BCUT2D eigenvalue weighted by Crippen LogP contribution is 2.34. The zero-order valence-electron chi connectivity index (χ0n) is 10.8. The molecular formula is C12H8ClF6NO2. The first-order chi connectivity index (χ1) is 9.88. The zero-order valence-corrected chi connectivity index (χ0v) is 11.5. The second-order valence-electron chi connectivity index (χ2n) is 3.97. The van der Waals surface area contributed by atoms with Crippen LogP contribution in [0.15, 0.2) is 30.0 Å². The van der Waals surface area contributed by atoms with Crippen molar-refractivity contribution in [2.45, 2.75) is 19.3 Å². The molecule has 0 saturated carbocycles. The van der Waals surface area contributed by atoms with Gasteiger partial charge in [-0.3, -0.25) is 4.79 Å². The number of alkyl halides is 6. The van der Waals surface area contributed by atoms with Gasteiger partial charge >= 0.3 is 12.4 Å². The van der Waals surface area contributed by atoms with Gasteiger partial charge in [0.25, 0.3) is 0 Å². The Morgan fingerprint density at radius 1 is 1.23 bits per heavy atom. The molecule has 0 aliphatic carbocycles. The Bertz CT molecular complexity index is 594. The Morgan fingerprint density at radius 2 is 1.82 bits per heavy atom. The van der Waals surface area contributed by atoms with Gasteiger partial charge in [0.05, 0.1) is 16.8 Å². The number of nitrogens with one attached hydrogen (secondary N) is 1. The third kappa shape index (κ3) is 5.84. The lowest BCUT2D eigenvalue weighted by atomic mass is 10.3. The molecule has 1 aromatic carbocycles. The van der Waals surface area contributed by atoms with Crippen LogP contribution in [0.5, 0.6) is 5.75 Å². The van der Waals surface area contributed by atoms with Gasteiger partial charge in [0, 0.05) is 13.0 Å². The van der Waals surface area contributed by atoms with Crippen LogP contribution in [0.2, 0.25) is 5.02 Å². The number of hydrogen-bond acceptors (Lipinski definition) is 2. The highest BCUT2D eigenvalue weighted by molar-refractivity contribution is 6.33. The maximum atomic E-state index is 12.5. The van der Waals surface area contributed by atoms with Crippen molar-refractivity contribution in [2.24, 2.45) is 0 Å². The van der Waals surface area contributed by atoms with Crippen molar-refractivity contribution in [3.05, 3.63) is 35.1 Å². The molecule has 1 rings (SSSR count). The average Bonchev–Trinajstić information content (AvgIpc) is 2.28. The summed E-state index contributed by atoms with van der Waals surface area (Å²) in [5.41, 5.74) is 0.0786. The van der Waals surface area contributed by atoms with Crippen LogP contribution in [0.25, 0.3) is 0 Å². The van der Waals surface area contributed by atoms with Gasteiger partial charge in [-0.15, -0.1) is 0 Å². The molecule has 0 heterocycles. The molecule has 0 atom stereocenters. The van der Waals surface area contributed by atoms with Crippen molar-refractivity contribution in [3.8, 4) is 5.75 Å². The molecule has 22 heavy (non-hydrogen) atoms. The summed E-state index contributed by atoms with van der Waals surface area (Å²) in [6.45, 7) is 1.18. The Hall–Kier alpha value is -1.90. The fourth-order valence-corrected chi connectivity index (χ4v) is 1.51. The molecule has 0 aliphatic rings. The highest BCUT2D eigenvalue weighted by Gasteiger charge is 2.41. The summed E-state index contributed by atoms with van der Waals surface area (Å²) in [5.74, 6) is -3.28. The molecule has 3 nitrogen and oxygen atoms in total. The first kappa shape index (κ1) is 18.1. The van der Waals surface area contributed by atoms with E-state index in [1.807, 2.05) is 0 Å². The minimum absolute atomic E-state index is 0.0786. The molecule has 0 bridgehead atoms. The average molecular weight is 348 g/mol. The Balaban J connectivity index is 3.08. The molecule has 1 aromatic rings. The Labute approximate surface area is 125 Å². The van der Waals surface area contributed by atoms with Crippen LogP contribution >= 0.6 is 11.6 Å². The summed E-state index contributed by atoms with van der Waals surface area (Å²) in [6.07, 6.45) is -11.5. The molecular weight excluding hydrogens is 340 g/mol. The van der Waals surface area contributed by atoms with Crippen LogP contribution in [0.3, 0.4) is 0 Å². The number of carbonyl (C=O) groups is 1. The number of carbonyl (C=O) groups excluding carboxylic acids is 1. The fraction of sp³-hybridized carbons (Fsp3) is 0.250. The second kappa shape index (κ2) is 6.47. The predicted molar refractivity (Wildman–Crippen MR) is 66.6 cm³/mol. The standard InChI is InChI=1S/C12H8ClF6NO2/c1-6(21)20-9-3-2-7(4-8(9)13)22-10(12(17,18)19)5-11(14,15)16/h2-5H,1H3,(H,20,21). The van der Waals surface area contributed by atoms with Crippen molar-refractivity contribution < 1.29 is 35.9 Å². The molecule has 0 unspecified atom stereocenters. The molecule has 0 spiro atoms. The summed E-state index contributed by atoms with van der Waals surface area (Å²) in [4.78, 5) is 10.8. The monoisotopic (exact) mass is 347 g/mol. The van der Waals surface area contributed by atoms with Crippen molar-refractivity contribution in [1.29, 1.82) is 0 Å². The maximum absolute atomic E-state index is 12.5. The molecule has 0 aromatic heterocycles. The van der Waals surface area contributed by atoms with Gasteiger partial charge in [-0.25, -0.2) is 0 Å². The normalized spacial score (nSPS) is 13.0. The summed E-state index contributed by atoms with van der Waals surface area (Å²) in [6, 6.07) is 2.89. The van der Waals surface area contributed by atoms with E-state index in [0.29, 0.717) is 0 Å². The summed E-state index contributed by atoms with van der Waals surface area (Å²) in [5, 5.41) is 2.09. The van der Waals surface area contributed by atoms with Crippen LogP contribution in [0.4, 0.5) is 32.0 Å². The Kier molecular flexibility index (Phi) is 5.34. The van der Waals surface area contributed by atoms with Crippen molar-refractivity contribution in [2.75, 3.05) is 5.32 Å². The van der Waals surface area contributed by atoms with E-state index in [9.17, 15) is 31.1 Å². The number of halogens is 7. The van der Waals surface area contributed by atoms with Gasteiger partial charge in [-0.05, 0) is 12.1 Å². The topological polar surface area (TPSA) is 38.3 Å². The van der Waals surface area contributed by atoms with Crippen molar-refractivity contribution >= 4 is 23.2 Å². The molecule has 1 N–H and O–H groups in total. The lowest BCUT2D eigenvalue weighted by Crippen LogP contribution is -2.20. The molecule has 10 heteroatoms. The predicted octanol–water partition coefficient (Wildman–Crippen LogP) is 4.69. The highest BCUT2D eigenvalue weighted by atomic mass is 35.5. The minimum Gasteiger partial charge on any atom is -0.452 e. The molecule has 122 valence electrons. The minimum atomic E-state index is -5.34. The van der Waals surface area contributed by atoms with Gasteiger partial charge < -0.3 is 10.1 Å². The number of allylic oxidation sites excluding steroid dienone is 2. The van der Waals surface area contributed by atoms with Crippen LogP contribution in [0.1, 0.15) is 6.92 Å². The van der Waals surface area contributed by atoms with E-state index in [0.717, 1.165) is 18.2 Å². The van der Waals surface area contributed by atoms with E-state index in [2.05, 4.69) is 10.1 Å². The third-order valence-corrected chi connectivity index (χ3v) is 2.37. The number of ether oxygens (including phenoxy) is 1. The second-order valence-corrected chi connectivity index (χ2v) is 4.38. The molecule has 0 aliphatic heterocycles. The fourth-order valence-electron chi connectivity index (χ4n) is 1.30. The van der Waals surface area contributed by atoms with Gasteiger partial charge in [-0.2, -0.15) is 26.3 Å². The largest absolute Gasteiger partial charge is 0.452 e. The number of rotatable bonds is 3. The number of anilines is 1. The summed E-state index contributed by atoms with van der Waals surface area (Å²) < 4.78 is 78.0. The molecule has 0 saturated heterocycles. The Morgan fingerprint density at radius 3 is 2.23 bits per heavy atom. The lowest BCUT2D eigenvalue weighted by molar-refractivity contribution is -0.128. The van der Waals surface area contributed by atoms with Crippen LogP contribution in [-0.4, -0.2) is 18.3 Å². The zero-order chi connectivity index (χ0) is 17.1. The maximum Gasteiger partial charge on any atom is 0.449 e. The molecule has 0 radical (unpaired) electrons. The van der Waals surface area contributed by atoms with Gasteiger partial charge in [0.2, 0.25) is 11.7 Å². The summed E-state index contributed by atoms with van der Waals surface area (Å²) >= 11 is 5.69. The van der Waals surface area contributed by atoms with E-state index in [-0.39, 0.29) is 10.7 Å². The van der Waals surface area contributed by atoms with Crippen LogP contribution in [-0.2, 0) is 4.79 Å². The summed E-state index contributed by atoms with van der Waals surface area (Å²) in [7, 11) is 0. The van der Waals surface area contributed by atoms with E-state index in [1.54, 1.807) is 0 Å². The number of amides is 1. The van der Waals surface area contributed by atoms with Gasteiger partial charge in [-0.1, -0.05) is 11.6 Å². The van der Waals surface area contributed by atoms with Gasteiger partial charge in [0.1, 0.15) is 5.75 Å².